The predicted molar refractivity (Wildman–Crippen MR) is 103 cm³/mol. The van der Waals surface area contributed by atoms with Crippen molar-refractivity contribution < 1.29 is 58.9 Å². The molecule has 0 unspecified atom stereocenters. The molecule has 0 bridgehead atoms. The molecule has 5 atom stereocenters. The summed E-state index contributed by atoms with van der Waals surface area (Å²) in [5, 5.41) is 49.0. The molecule has 0 saturated carbocycles. The summed E-state index contributed by atoms with van der Waals surface area (Å²) in [6.45, 7) is 0.313. The van der Waals surface area contributed by atoms with Crippen molar-refractivity contribution in [3.05, 3.63) is 0 Å². The molecule has 2 amide bonds. The van der Waals surface area contributed by atoms with Gasteiger partial charge >= 0.3 is 11.9 Å². The molecule has 6 N–H and O–H groups in total. The molecular weight excluding hydrogens is 436 g/mol. The van der Waals surface area contributed by atoms with Crippen LogP contribution < -0.4 is 5.32 Å². The van der Waals surface area contributed by atoms with Gasteiger partial charge in [-0.15, -0.1) is 0 Å². The summed E-state index contributed by atoms with van der Waals surface area (Å²) >= 11 is 0. The average molecular weight is 466 g/mol. The van der Waals surface area contributed by atoms with Crippen LogP contribution in [-0.2, 0) is 33.4 Å². The summed E-state index contributed by atoms with van der Waals surface area (Å²) in [4.78, 5) is 45.7. The van der Waals surface area contributed by atoms with E-state index in [1.165, 1.54) is 6.92 Å². The zero-order valence-corrected chi connectivity index (χ0v) is 17.6. The predicted octanol–water partition coefficient (Wildman–Crippen LogP) is -3.26. The molecule has 1 fully saturated rings. The number of carbonyl (C=O) groups is 4. The lowest BCUT2D eigenvalue weighted by Gasteiger charge is -2.38. The normalized spacial score (nSPS) is 25.2. The summed E-state index contributed by atoms with van der Waals surface area (Å²) in [7, 11) is 0. The van der Waals surface area contributed by atoms with Gasteiger partial charge < -0.3 is 50.0 Å². The van der Waals surface area contributed by atoms with Gasteiger partial charge in [0.2, 0.25) is 11.8 Å². The molecule has 1 aliphatic heterocycles. The van der Waals surface area contributed by atoms with E-state index >= 15 is 0 Å². The lowest BCUT2D eigenvalue weighted by molar-refractivity contribution is -0.294. The van der Waals surface area contributed by atoms with E-state index < -0.39 is 67.5 Å². The number of carbonyl (C=O) groups excluding carboxylic acids is 2. The number of nitrogens with one attached hydrogen (secondary N) is 1. The summed E-state index contributed by atoms with van der Waals surface area (Å²) in [6, 6.07) is 0. The van der Waals surface area contributed by atoms with Crippen LogP contribution in [-0.4, -0.2) is 124 Å². The number of carboxylic acid groups (broad SMARTS) is 2. The molecule has 1 rings (SSSR count). The minimum atomic E-state index is -1.41. The van der Waals surface area contributed by atoms with Crippen LogP contribution in [0.4, 0.5) is 0 Å². The molecule has 14 heteroatoms. The van der Waals surface area contributed by atoms with Gasteiger partial charge in [0, 0.05) is 19.4 Å². The molecule has 0 aromatic heterocycles. The van der Waals surface area contributed by atoms with Crippen LogP contribution in [0.2, 0.25) is 0 Å². The van der Waals surface area contributed by atoms with Crippen LogP contribution >= 0.6 is 0 Å². The molecule has 0 aliphatic carbocycles. The van der Waals surface area contributed by atoms with Gasteiger partial charge in [0.1, 0.15) is 31.4 Å². The first-order valence-electron chi connectivity index (χ1n) is 9.90. The Bertz CT molecular complexity index is 629. The Morgan fingerprint density at radius 1 is 0.906 bits per heavy atom. The Hall–Kier alpha value is -2.36. The molecule has 184 valence electrons. The lowest BCUT2D eigenvalue weighted by atomic mass is 10.0. The van der Waals surface area contributed by atoms with Gasteiger partial charge in [0.25, 0.3) is 0 Å². The Kier molecular flexibility index (Phi) is 12.0. The van der Waals surface area contributed by atoms with E-state index in [9.17, 15) is 34.5 Å². The highest BCUT2D eigenvalue weighted by Crippen LogP contribution is 2.21. The number of aliphatic hydroxyl groups excluding tert-OH is 3. The van der Waals surface area contributed by atoms with Gasteiger partial charge in [0.05, 0.1) is 25.9 Å². The molecule has 0 aromatic rings. The zero-order valence-electron chi connectivity index (χ0n) is 17.6. The fourth-order valence-electron chi connectivity index (χ4n) is 2.76. The monoisotopic (exact) mass is 466 g/mol. The molecule has 14 nitrogen and oxygen atoms in total. The summed E-state index contributed by atoms with van der Waals surface area (Å²) < 4.78 is 15.8. The van der Waals surface area contributed by atoms with E-state index in [2.05, 4.69) is 5.32 Å². The minimum Gasteiger partial charge on any atom is -0.480 e. The van der Waals surface area contributed by atoms with Crippen LogP contribution in [0.5, 0.6) is 0 Å². The van der Waals surface area contributed by atoms with Crippen molar-refractivity contribution in [3.63, 3.8) is 0 Å². The standard InChI is InChI=1S/C18H30N2O12/c1-10-15(27)16(28)17(29)18(32-10)31-7-6-30-5-4-19-11(21)2-3-12(22)20(8-13(23)24)9-14(25)26/h10,15-18,27-29H,2-9H2,1H3,(H,19,21)(H,23,24)(H,25,26)/t10-,15-,16+,17+,18+/m0/s1. The fraction of sp³-hybridized carbons (Fsp3) is 0.778. The summed E-state index contributed by atoms with van der Waals surface area (Å²) in [5.41, 5.74) is 0. The number of aliphatic hydroxyl groups is 3. The smallest absolute Gasteiger partial charge is 0.323 e. The van der Waals surface area contributed by atoms with E-state index in [0.717, 1.165) is 0 Å². The molecule has 0 aromatic carbocycles. The Morgan fingerprint density at radius 3 is 2.12 bits per heavy atom. The van der Waals surface area contributed by atoms with Gasteiger partial charge in [-0.1, -0.05) is 0 Å². The Balaban J connectivity index is 2.16. The topological polar surface area (TPSA) is 212 Å². The molecule has 1 saturated heterocycles. The Labute approximate surface area is 183 Å². The maximum atomic E-state index is 11.9. The van der Waals surface area contributed by atoms with Gasteiger partial charge in [-0.05, 0) is 6.92 Å². The van der Waals surface area contributed by atoms with Crippen molar-refractivity contribution >= 4 is 23.8 Å². The van der Waals surface area contributed by atoms with E-state index in [0.29, 0.717) is 4.90 Å². The maximum absolute atomic E-state index is 11.9. The molecule has 0 radical (unpaired) electrons. The van der Waals surface area contributed by atoms with Gasteiger partial charge in [0.15, 0.2) is 6.29 Å². The number of rotatable bonds is 14. The summed E-state index contributed by atoms with van der Waals surface area (Å²) in [5.74, 6) is -3.99. The van der Waals surface area contributed by atoms with Crippen LogP contribution in [0.3, 0.4) is 0 Å². The molecule has 32 heavy (non-hydrogen) atoms. The summed E-state index contributed by atoms with van der Waals surface area (Å²) in [6.07, 6.45) is -6.47. The van der Waals surface area contributed by atoms with Crippen molar-refractivity contribution in [2.45, 2.75) is 50.5 Å². The first kappa shape index (κ1) is 27.7. The van der Waals surface area contributed by atoms with Gasteiger partial charge in [-0.25, -0.2) is 0 Å². The second-order valence-electron chi connectivity index (χ2n) is 7.05. The largest absolute Gasteiger partial charge is 0.480 e. The highest BCUT2D eigenvalue weighted by atomic mass is 16.7. The first-order valence-corrected chi connectivity index (χ1v) is 9.90. The van der Waals surface area contributed by atoms with Gasteiger partial charge in [-0.2, -0.15) is 0 Å². The molecule has 1 aliphatic rings. The average Bonchev–Trinajstić information content (AvgIpc) is 2.72. The van der Waals surface area contributed by atoms with Crippen molar-refractivity contribution in [1.82, 2.24) is 10.2 Å². The van der Waals surface area contributed by atoms with Crippen molar-refractivity contribution in [1.29, 1.82) is 0 Å². The maximum Gasteiger partial charge on any atom is 0.323 e. The van der Waals surface area contributed by atoms with Crippen LogP contribution in [0, 0.1) is 0 Å². The van der Waals surface area contributed by atoms with Crippen LogP contribution in [0.15, 0.2) is 0 Å². The number of hydrogen-bond acceptors (Lipinski definition) is 10. The van der Waals surface area contributed by atoms with Crippen molar-refractivity contribution in [2.75, 3.05) is 39.5 Å². The van der Waals surface area contributed by atoms with E-state index in [-0.39, 0.29) is 39.2 Å². The van der Waals surface area contributed by atoms with E-state index in [1.807, 2.05) is 0 Å². The fourth-order valence-corrected chi connectivity index (χ4v) is 2.76. The highest BCUT2D eigenvalue weighted by Gasteiger charge is 2.42. The number of carboxylic acids is 2. The van der Waals surface area contributed by atoms with Crippen molar-refractivity contribution in [3.8, 4) is 0 Å². The van der Waals surface area contributed by atoms with Crippen LogP contribution in [0.25, 0.3) is 0 Å². The number of hydrogen-bond donors (Lipinski definition) is 6. The number of aliphatic carboxylic acids is 2. The highest BCUT2D eigenvalue weighted by molar-refractivity contribution is 5.88. The number of nitrogens with zero attached hydrogens (tertiary/aromatic N) is 1. The van der Waals surface area contributed by atoms with Crippen molar-refractivity contribution in [2.24, 2.45) is 0 Å². The second kappa shape index (κ2) is 13.9. The van der Waals surface area contributed by atoms with E-state index in [1.54, 1.807) is 0 Å². The van der Waals surface area contributed by atoms with E-state index in [4.69, 9.17) is 24.4 Å². The third kappa shape index (κ3) is 9.84. The molecule has 0 spiro atoms. The minimum absolute atomic E-state index is 0.0166. The third-order valence-electron chi connectivity index (χ3n) is 4.46. The Morgan fingerprint density at radius 2 is 1.53 bits per heavy atom. The second-order valence-corrected chi connectivity index (χ2v) is 7.05. The SMILES string of the molecule is C[C@@H]1O[C@@H](OCCOCCNC(=O)CCC(=O)N(CC(=O)O)CC(=O)O)[C@H](O)[C@H](O)[C@H]1O. The molecular formula is C18H30N2O12. The zero-order chi connectivity index (χ0) is 24.3. The quantitative estimate of drug-likeness (QED) is 0.139. The lowest BCUT2D eigenvalue weighted by Crippen LogP contribution is -2.57. The number of amides is 2. The van der Waals surface area contributed by atoms with Gasteiger partial charge in [-0.3, -0.25) is 19.2 Å². The first-order chi connectivity index (χ1) is 15.0. The molecule has 1 heterocycles. The number of ether oxygens (including phenoxy) is 3. The third-order valence-corrected chi connectivity index (χ3v) is 4.46. The van der Waals surface area contributed by atoms with Crippen LogP contribution in [0.1, 0.15) is 19.8 Å².